The Balaban J connectivity index is 2.15. The number of nitrogens with zero attached hydrogens (tertiary/aromatic N) is 2. The van der Waals surface area contributed by atoms with Crippen molar-refractivity contribution in [3.8, 4) is 5.69 Å². The molecule has 7 heteroatoms. The van der Waals surface area contributed by atoms with Gasteiger partial charge in [0, 0.05) is 10.7 Å². The molecule has 2 N–H and O–H groups in total. The SMILES string of the molecule is CC(C)C(NC(=O)c1cnn(-c2ccc(Br)cc2)c1)C(=O)O. The normalized spacial score (nSPS) is 12.2. The fourth-order valence-corrected chi connectivity index (χ4v) is 2.18. The highest BCUT2D eigenvalue weighted by atomic mass is 79.9. The van der Waals surface area contributed by atoms with E-state index in [4.69, 9.17) is 5.11 Å². The number of aromatic nitrogens is 2. The van der Waals surface area contributed by atoms with Crippen LogP contribution in [0.2, 0.25) is 0 Å². The fraction of sp³-hybridized carbons (Fsp3) is 0.267. The largest absolute Gasteiger partial charge is 0.480 e. The topological polar surface area (TPSA) is 84.2 Å². The van der Waals surface area contributed by atoms with Gasteiger partial charge < -0.3 is 10.4 Å². The first-order chi connectivity index (χ1) is 10.4. The van der Waals surface area contributed by atoms with E-state index in [1.165, 1.54) is 6.20 Å². The molecule has 1 unspecified atom stereocenters. The van der Waals surface area contributed by atoms with E-state index in [-0.39, 0.29) is 5.92 Å². The van der Waals surface area contributed by atoms with E-state index in [0.29, 0.717) is 5.56 Å². The third-order valence-corrected chi connectivity index (χ3v) is 3.68. The number of rotatable bonds is 5. The zero-order valence-corrected chi connectivity index (χ0v) is 13.7. The number of amides is 1. The monoisotopic (exact) mass is 365 g/mol. The zero-order valence-electron chi connectivity index (χ0n) is 12.2. The second kappa shape index (κ2) is 6.74. The number of carboxylic acid groups (broad SMARTS) is 1. The summed E-state index contributed by atoms with van der Waals surface area (Å²) in [5.41, 5.74) is 1.12. The Kier molecular flexibility index (Phi) is 4.97. The van der Waals surface area contributed by atoms with Gasteiger partial charge >= 0.3 is 5.97 Å². The predicted octanol–water partition coefficient (Wildman–Crippen LogP) is 2.47. The van der Waals surface area contributed by atoms with Crippen LogP contribution in [0.3, 0.4) is 0 Å². The maximum Gasteiger partial charge on any atom is 0.326 e. The highest BCUT2D eigenvalue weighted by Gasteiger charge is 2.24. The van der Waals surface area contributed by atoms with Crippen LogP contribution in [-0.4, -0.2) is 32.8 Å². The first kappa shape index (κ1) is 16.2. The summed E-state index contributed by atoms with van der Waals surface area (Å²) in [6, 6.07) is 6.52. The number of carbonyl (C=O) groups excluding carboxylic acids is 1. The average molecular weight is 366 g/mol. The Morgan fingerprint density at radius 1 is 1.27 bits per heavy atom. The molecule has 116 valence electrons. The third-order valence-electron chi connectivity index (χ3n) is 3.16. The number of carboxylic acids is 1. The second-order valence-electron chi connectivity index (χ2n) is 5.18. The zero-order chi connectivity index (χ0) is 16.3. The van der Waals surface area contributed by atoms with Crippen LogP contribution >= 0.6 is 15.9 Å². The van der Waals surface area contributed by atoms with Crippen molar-refractivity contribution < 1.29 is 14.7 Å². The van der Waals surface area contributed by atoms with Crippen molar-refractivity contribution in [2.45, 2.75) is 19.9 Å². The molecule has 0 radical (unpaired) electrons. The Morgan fingerprint density at radius 3 is 2.45 bits per heavy atom. The molecule has 0 bridgehead atoms. The maximum atomic E-state index is 12.1. The molecular formula is C15H16BrN3O3. The van der Waals surface area contributed by atoms with E-state index in [2.05, 4.69) is 26.3 Å². The average Bonchev–Trinajstić information content (AvgIpc) is 2.94. The van der Waals surface area contributed by atoms with Crippen molar-refractivity contribution in [3.63, 3.8) is 0 Å². The Morgan fingerprint density at radius 2 is 1.91 bits per heavy atom. The quantitative estimate of drug-likeness (QED) is 0.852. The Labute approximate surface area is 136 Å². The van der Waals surface area contributed by atoms with Crippen molar-refractivity contribution in [1.82, 2.24) is 15.1 Å². The molecule has 1 heterocycles. The van der Waals surface area contributed by atoms with Gasteiger partial charge in [0.05, 0.1) is 17.4 Å². The smallest absolute Gasteiger partial charge is 0.326 e. The van der Waals surface area contributed by atoms with Crippen LogP contribution in [0.25, 0.3) is 5.69 Å². The van der Waals surface area contributed by atoms with Crippen LogP contribution in [0, 0.1) is 5.92 Å². The molecule has 22 heavy (non-hydrogen) atoms. The number of halogens is 1. The van der Waals surface area contributed by atoms with Crippen molar-refractivity contribution in [2.24, 2.45) is 5.92 Å². The number of benzene rings is 1. The highest BCUT2D eigenvalue weighted by molar-refractivity contribution is 9.10. The van der Waals surface area contributed by atoms with Crippen molar-refractivity contribution in [1.29, 1.82) is 0 Å². The minimum atomic E-state index is -1.05. The summed E-state index contributed by atoms with van der Waals surface area (Å²) in [4.78, 5) is 23.3. The number of nitrogens with one attached hydrogen (secondary N) is 1. The first-order valence-electron chi connectivity index (χ1n) is 6.72. The summed E-state index contributed by atoms with van der Waals surface area (Å²) in [6.07, 6.45) is 2.98. The Hall–Kier alpha value is -2.15. The van der Waals surface area contributed by atoms with Gasteiger partial charge in [-0.1, -0.05) is 29.8 Å². The van der Waals surface area contributed by atoms with E-state index in [1.54, 1.807) is 24.7 Å². The van der Waals surface area contributed by atoms with Crippen LogP contribution in [0.15, 0.2) is 41.1 Å². The molecule has 6 nitrogen and oxygen atoms in total. The van der Waals surface area contributed by atoms with Gasteiger partial charge in [-0.3, -0.25) is 4.79 Å². The molecule has 2 aromatic rings. The summed E-state index contributed by atoms with van der Waals surface area (Å²) < 4.78 is 2.51. The lowest BCUT2D eigenvalue weighted by Crippen LogP contribution is -2.44. The van der Waals surface area contributed by atoms with Gasteiger partial charge in [0.2, 0.25) is 0 Å². The van der Waals surface area contributed by atoms with E-state index in [9.17, 15) is 9.59 Å². The van der Waals surface area contributed by atoms with E-state index >= 15 is 0 Å². The molecule has 0 saturated carbocycles. The number of aliphatic carboxylic acids is 1. The summed E-state index contributed by atoms with van der Waals surface area (Å²) in [5.74, 6) is -1.71. The molecule has 1 aromatic carbocycles. The minimum Gasteiger partial charge on any atom is -0.480 e. The molecule has 0 saturated heterocycles. The summed E-state index contributed by atoms with van der Waals surface area (Å²) >= 11 is 3.35. The van der Waals surface area contributed by atoms with Crippen molar-refractivity contribution in [2.75, 3.05) is 0 Å². The molecule has 1 atom stereocenters. The van der Waals surface area contributed by atoms with E-state index in [1.807, 2.05) is 24.3 Å². The molecule has 0 aliphatic heterocycles. The van der Waals surface area contributed by atoms with Gasteiger partial charge in [0.25, 0.3) is 5.91 Å². The van der Waals surface area contributed by atoms with Crippen LogP contribution in [-0.2, 0) is 4.79 Å². The second-order valence-corrected chi connectivity index (χ2v) is 6.10. The van der Waals surface area contributed by atoms with Gasteiger partial charge in [-0.15, -0.1) is 0 Å². The van der Waals surface area contributed by atoms with Crippen LogP contribution in [0.5, 0.6) is 0 Å². The van der Waals surface area contributed by atoms with Gasteiger partial charge in [-0.2, -0.15) is 5.10 Å². The number of hydrogen-bond acceptors (Lipinski definition) is 3. The molecule has 0 aliphatic carbocycles. The lowest BCUT2D eigenvalue weighted by Gasteiger charge is -2.17. The van der Waals surface area contributed by atoms with Crippen molar-refractivity contribution in [3.05, 3.63) is 46.7 Å². The molecule has 1 amide bonds. The predicted molar refractivity (Wildman–Crippen MR) is 85.0 cm³/mol. The standard InChI is InChI=1S/C15H16BrN3O3/c1-9(2)13(15(21)22)18-14(20)10-7-17-19(8-10)12-5-3-11(16)4-6-12/h3-9,13H,1-2H3,(H,18,20)(H,21,22). The number of carbonyl (C=O) groups is 2. The molecule has 2 rings (SSSR count). The van der Waals surface area contributed by atoms with Gasteiger partial charge in [-0.25, -0.2) is 9.48 Å². The van der Waals surface area contributed by atoms with E-state index < -0.39 is 17.9 Å². The lowest BCUT2D eigenvalue weighted by molar-refractivity contribution is -0.140. The van der Waals surface area contributed by atoms with Crippen LogP contribution in [0.4, 0.5) is 0 Å². The van der Waals surface area contributed by atoms with Crippen LogP contribution in [0.1, 0.15) is 24.2 Å². The first-order valence-corrected chi connectivity index (χ1v) is 7.52. The van der Waals surface area contributed by atoms with Gasteiger partial charge in [0.15, 0.2) is 0 Å². The van der Waals surface area contributed by atoms with E-state index in [0.717, 1.165) is 10.2 Å². The summed E-state index contributed by atoms with van der Waals surface area (Å²) in [6.45, 7) is 3.48. The van der Waals surface area contributed by atoms with Crippen LogP contribution < -0.4 is 5.32 Å². The van der Waals surface area contributed by atoms with Crippen molar-refractivity contribution >= 4 is 27.8 Å². The van der Waals surface area contributed by atoms with Gasteiger partial charge in [0.1, 0.15) is 6.04 Å². The molecule has 0 spiro atoms. The molecular weight excluding hydrogens is 350 g/mol. The molecule has 0 aliphatic rings. The lowest BCUT2D eigenvalue weighted by atomic mass is 10.0. The fourth-order valence-electron chi connectivity index (χ4n) is 1.91. The Bertz CT molecular complexity index is 680. The third kappa shape index (κ3) is 3.73. The molecule has 1 aromatic heterocycles. The minimum absolute atomic E-state index is 0.206. The maximum absolute atomic E-state index is 12.1. The molecule has 0 fully saturated rings. The van der Waals surface area contributed by atoms with Gasteiger partial charge in [-0.05, 0) is 30.2 Å². The highest BCUT2D eigenvalue weighted by Crippen LogP contribution is 2.14. The number of hydrogen-bond donors (Lipinski definition) is 2. The summed E-state index contributed by atoms with van der Waals surface area (Å²) in [7, 11) is 0. The summed E-state index contributed by atoms with van der Waals surface area (Å²) in [5, 5.41) is 15.7.